The summed E-state index contributed by atoms with van der Waals surface area (Å²) >= 11 is 0. The summed E-state index contributed by atoms with van der Waals surface area (Å²) in [7, 11) is 1.96. The first-order valence-corrected chi connectivity index (χ1v) is 7.27. The van der Waals surface area contributed by atoms with E-state index in [1.54, 1.807) is 6.08 Å². The van der Waals surface area contributed by atoms with Crippen molar-refractivity contribution in [3.63, 3.8) is 0 Å². The molecule has 1 atom stereocenters. The Morgan fingerprint density at radius 2 is 2.30 bits per heavy atom. The number of ketones is 1. The molecule has 1 saturated carbocycles. The molecule has 3 rings (SSSR count). The van der Waals surface area contributed by atoms with Crippen LogP contribution in [0, 0.1) is 5.92 Å². The second-order valence-corrected chi connectivity index (χ2v) is 5.66. The van der Waals surface area contributed by atoms with Gasteiger partial charge in [-0.15, -0.1) is 0 Å². The van der Waals surface area contributed by atoms with Crippen LogP contribution in [0.15, 0.2) is 23.6 Å². The average Bonchev–Trinajstić information content (AvgIpc) is 2.63. The molecule has 0 spiro atoms. The Bertz CT molecular complexity index is 491. The second kappa shape index (κ2) is 5.31. The van der Waals surface area contributed by atoms with Crippen LogP contribution in [0.5, 0.6) is 0 Å². The number of fused-ring (bicyclic) bond motifs is 1. The lowest BCUT2D eigenvalue weighted by Gasteiger charge is -2.25. The van der Waals surface area contributed by atoms with Gasteiger partial charge in [0.2, 0.25) is 5.91 Å². The molecule has 1 N–H and O–H groups in total. The number of nitrogens with one attached hydrogen (secondary N) is 1. The molecule has 1 unspecified atom stereocenters. The molecule has 1 aliphatic heterocycles. The number of allylic oxidation sites excluding steroid dienone is 2. The van der Waals surface area contributed by atoms with E-state index in [1.165, 1.54) is 6.42 Å². The number of likely N-dealkylation sites (N-methyl/N-ethyl adjacent to an activating group) is 1. The van der Waals surface area contributed by atoms with E-state index in [0.29, 0.717) is 18.7 Å². The van der Waals surface area contributed by atoms with Crippen molar-refractivity contribution < 1.29 is 14.3 Å². The lowest BCUT2D eigenvalue weighted by Crippen LogP contribution is -2.37. The minimum atomic E-state index is -0.0971. The van der Waals surface area contributed by atoms with E-state index in [9.17, 15) is 9.59 Å². The van der Waals surface area contributed by atoms with Gasteiger partial charge < -0.3 is 15.0 Å². The van der Waals surface area contributed by atoms with Crippen LogP contribution in [-0.2, 0) is 14.3 Å². The van der Waals surface area contributed by atoms with Gasteiger partial charge in [0.25, 0.3) is 0 Å². The molecule has 0 aromatic rings. The van der Waals surface area contributed by atoms with Gasteiger partial charge in [-0.2, -0.15) is 0 Å². The minimum Gasteiger partial charge on any atom is -0.468 e. The van der Waals surface area contributed by atoms with Crippen LogP contribution in [0.1, 0.15) is 32.1 Å². The number of hydrogen-bond acceptors (Lipinski definition) is 4. The van der Waals surface area contributed by atoms with Crippen molar-refractivity contribution in [1.82, 2.24) is 10.2 Å². The van der Waals surface area contributed by atoms with E-state index < -0.39 is 0 Å². The first-order valence-electron chi connectivity index (χ1n) is 7.27. The molecule has 0 bridgehead atoms. The van der Waals surface area contributed by atoms with Crippen molar-refractivity contribution in [2.24, 2.45) is 5.92 Å². The summed E-state index contributed by atoms with van der Waals surface area (Å²) in [5, 5.41) is 2.97. The van der Waals surface area contributed by atoms with E-state index in [2.05, 4.69) is 5.32 Å². The van der Waals surface area contributed by atoms with Gasteiger partial charge in [0.1, 0.15) is 5.76 Å². The highest BCUT2D eigenvalue weighted by molar-refractivity contribution is 5.93. The van der Waals surface area contributed by atoms with Crippen molar-refractivity contribution in [3.05, 3.63) is 23.6 Å². The van der Waals surface area contributed by atoms with Crippen molar-refractivity contribution in [1.29, 1.82) is 0 Å². The Hall–Kier alpha value is -1.78. The van der Waals surface area contributed by atoms with Gasteiger partial charge in [0.15, 0.2) is 12.0 Å². The number of carbonyl (C=O) groups excluding carboxylic acids is 2. The summed E-state index contributed by atoms with van der Waals surface area (Å²) in [4.78, 5) is 25.1. The highest BCUT2D eigenvalue weighted by Gasteiger charge is 2.33. The fraction of sp³-hybridized carbons (Fsp3) is 0.600. The predicted octanol–water partition coefficient (Wildman–Crippen LogP) is 1.32. The first kappa shape index (κ1) is 13.2. The summed E-state index contributed by atoms with van der Waals surface area (Å²) in [5.74, 6) is 1.14. The smallest absolute Gasteiger partial charge is 0.223 e. The molecule has 1 heterocycles. The highest BCUT2D eigenvalue weighted by atomic mass is 16.5. The standard InChI is InChI=1S/C15H20N2O3/c1-17-12-6-5-11(18)9-13(12)20-14(17)7-8-16-15(19)10-3-2-4-10/h6,9-10,14H,2-5,7-8H2,1H3,(H,16,19). The quantitative estimate of drug-likeness (QED) is 0.841. The van der Waals surface area contributed by atoms with E-state index in [-0.39, 0.29) is 23.8 Å². The van der Waals surface area contributed by atoms with Gasteiger partial charge in [0, 0.05) is 38.4 Å². The normalized spacial score (nSPS) is 25.4. The number of amides is 1. The number of nitrogens with zero attached hydrogens (tertiary/aromatic N) is 1. The SMILES string of the molecule is CN1C2=CCC(=O)C=C2OC1CCNC(=O)C1CCC1. The predicted molar refractivity (Wildman–Crippen MR) is 73.4 cm³/mol. The van der Waals surface area contributed by atoms with E-state index in [0.717, 1.165) is 25.0 Å². The molecule has 0 radical (unpaired) electrons. The fourth-order valence-electron chi connectivity index (χ4n) is 2.76. The van der Waals surface area contributed by atoms with Crippen LogP contribution < -0.4 is 5.32 Å². The zero-order valence-corrected chi connectivity index (χ0v) is 11.7. The molecule has 20 heavy (non-hydrogen) atoms. The maximum atomic E-state index is 11.7. The summed E-state index contributed by atoms with van der Waals surface area (Å²) in [5.41, 5.74) is 0.986. The molecule has 2 fully saturated rings. The van der Waals surface area contributed by atoms with Gasteiger partial charge in [-0.05, 0) is 18.9 Å². The maximum Gasteiger partial charge on any atom is 0.223 e. The first-order chi connectivity index (χ1) is 9.65. The summed E-state index contributed by atoms with van der Waals surface area (Å²) in [6.07, 6.45) is 7.75. The molecule has 0 aromatic heterocycles. The van der Waals surface area contributed by atoms with Crippen LogP contribution in [0.3, 0.4) is 0 Å². The third-order valence-corrected chi connectivity index (χ3v) is 4.28. The van der Waals surface area contributed by atoms with Crippen molar-refractivity contribution in [2.45, 2.75) is 38.3 Å². The van der Waals surface area contributed by atoms with Crippen molar-refractivity contribution in [2.75, 3.05) is 13.6 Å². The molecule has 5 heteroatoms. The van der Waals surface area contributed by atoms with Crippen LogP contribution in [0.2, 0.25) is 0 Å². The zero-order chi connectivity index (χ0) is 14.1. The lowest BCUT2D eigenvalue weighted by atomic mass is 9.85. The third kappa shape index (κ3) is 2.44. The van der Waals surface area contributed by atoms with Gasteiger partial charge in [-0.1, -0.05) is 6.42 Å². The van der Waals surface area contributed by atoms with Crippen molar-refractivity contribution >= 4 is 11.7 Å². The molecule has 1 saturated heterocycles. The Labute approximate surface area is 118 Å². The van der Waals surface area contributed by atoms with Crippen LogP contribution in [0.4, 0.5) is 0 Å². The number of rotatable bonds is 4. The minimum absolute atomic E-state index is 0.0797. The monoisotopic (exact) mass is 276 g/mol. The van der Waals surface area contributed by atoms with Gasteiger partial charge in [0.05, 0.1) is 5.70 Å². The summed E-state index contributed by atoms with van der Waals surface area (Å²) in [6, 6.07) is 0. The Balaban J connectivity index is 1.50. The Morgan fingerprint density at radius 1 is 1.50 bits per heavy atom. The maximum absolute atomic E-state index is 11.7. The van der Waals surface area contributed by atoms with Gasteiger partial charge in [-0.3, -0.25) is 9.59 Å². The highest BCUT2D eigenvalue weighted by Crippen LogP contribution is 2.32. The van der Waals surface area contributed by atoms with E-state index in [1.807, 2.05) is 18.0 Å². The van der Waals surface area contributed by atoms with E-state index in [4.69, 9.17) is 4.74 Å². The Morgan fingerprint density at radius 3 is 3.00 bits per heavy atom. The topological polar surface area (TPSA) is 58.6 Å². The largest absolute Gasteiger partial charge is 0.468 e. The molecular weight excluding hydrogens is 256 g/mol. The molecule has 3 aliphatic rings. The lowest BCUT2D eigenvalue weighted by molar-refractivity contribution is -0.127. The molecular formula is C15H20N2O3. The Kier molecular flexibility index (Phi) is 3.51. The molecule has 2 aliphatic carbocycles. The zero-order valence-electron chi connectivity index (χ0n) is 11.7. The molecule has 0 aromatic carbocycles. The van der Waals surface area contributed by atoms with Gasteiger partial charge >= 0.3 is 0 Å². The average molecular weight is 276 g/mol. The van der Waals surface area contributed by atoms with Crippen LogP contribution in [-0.4, -0.2) is 36.4 Å². The van der Waals surface area contributed by atoms with Crippen LogP contribution in [0.25, 0.3) is 0 Å². The number of hydrogen-bond donors (Lipinski definition) is 1. The second-order valence-electron chi connectivity index (χ2n) is 5.66. The third-order valence-electron chi connectivity index (χ3n) is 4.28. The number of ether oxygens (including phenoxy) is 1. The summed E-state index contributed by atoms with van der Waals surface area (Å²) < 4.78 is 5.78. The van der Waals surface area contributed by atoms with Crippen LogP contribution >= 0.6 is 0 Å². The van der Waals surface area contributed by atoms with Gasteiger partial charge in [-0.25, -0.2) is 0 Å². The van der Waals surface area contributed by atoms with Crippen molar-refractivity contribution in [3.8, 4) is 0 Å². The molecule has 1 amide bonds. The fourth-order valence-corrected chi connectivity index (χ4v) is 2.76. The molecule has 5 nitrogen and oxygen atoms in total. The molecule has 108 valence electrons. The summed E-state index contributed by atoms with van der Waals surface area (Å²) in [6.45, 7) is 0.610. The number of carbonyl (C=O) groups is 2. The van der Waals surface area contributed by atoms with E-state index >= 15 is 0 Å².